The Bertz CT molecular complexity index is 310. The summed E-state index contributed by atoms with van der Waals surface area (Å²) in [6.07, 6.45) is 4.54. The van der Waals surface area contributed by atoms with Gasteiger partial charge in [-0.25, -0.2) is 0 Å². The minimum atomic E-state index is 0.231. The van der Waals surface area contributed by atoms with E-state index in [4.69, 9.17) is 4.74 Å². The third-order valence-electron chi connectivity index (χ3n) is 4.90. The lowest BCUT2D eigenvalue weighted by molar-refractivity contribution is -0.137. The van der Waals surface area contributed by atoms with Gasteiger partial charge in [0.25, 0.3) is 0 Å². The summed E-state index contributed by atoms with van der Waals surface area (Å²) in [5, 5.41) is 0. The van der Waals surface area contributed by atoms with E-state index < -0.39 is 0 Å². The second kappa shape index (κ2) is 7.41. The molecule has 116 valence electrons. The van der Waals surface area contributed by atoms with E-state index in [1.165, 1.54) is 0 Å². The second-order valence-electron chi connectivity index (χ2n) is 6.25. The molecule has 20 heavy (non-hydrogen) atoms. The van der Waals surface area contributed by atoms with Gasteiger partial charge in [-0.15, -0.1) is 0 Å². The van der Waals surface area contributed by atoms with Crippen molar-refractivity contribution in [1.29, 1.82) is 0 Å². The largest absolute Gasteiger partial charge is 0.376 e. The van der Waals surface area contributed by atoms with Gasteiger partial charge < -0.3 is 9.64 Å². The van der Waals surface area contributed by atoms with Crippen LogP contribution in [0.25, 0.3) is 0 Å². The first-order valence-electron chi connectivity index (χ1n) is 8.30. The van der Waals surface area contributed by atoms with Gasteiger partial charge in [0.2, 0.25) is 5.91 Å². The molecule has 1 atom stereocenters. The maximum absolute atomic E-state index is 12.4. The number of nitrogens with zero attached hydrogens (tertiary/aromatic N) is 2. The molecule has 0 saturated carbocycles. The molecule has 0 aromatic carbocycles. The highest BCUT2D eigenvalue weighted by Crippen LogP contribution is 2.22. The van der Waals surface area contributed by atoms with Crippen LogP contribution >= 0.6 is 0 Å². The van der Waals surface area contributed by atoms with E-state index in [-0.39, 0.29) is 5.92 Å². The van der Waals surface area contributed by atoms with Crippen LogP contribution in [-0.2, 0) is 9.53 Å². The Morgan fingerprint density at radius 3 is 2.40 bits per heavy atom. The van der Waals surface area contributed by atoms with Crippen LogP contribution in [0.15, 0.2) is 0 Å². The molecule has 0 radical (unpaired) electrons. The normalized spacial score (nSPS) is 26.2. The number of ether oxygens (including phenoxy) is 1. The van der Waals surface area contributed by atoms with Gasteiger partial charge in [-0.3, -0.25) is 9.69 Å². The van der Waals surface area contributed by atoms with Crippen molar-refractivity contribution < 1.29 is 9.53 Å². The summed E-state index contributed by atoms with van der Waals surface area (Å²) in [5.41, 5.74) is 0. The van der Waals surface area contributed by atoms with Gasteiger partial charge in [0.05, 0.1) is 12.7 Å². The summed E-state index contributed by atoms with van der Waals surface area (Å²) in [6.45, 7) is 11.2. The van der Waals surface area contributed by atoms with Crippen molar-refractivity contribution in [1.82, 2.24) is 9.80 Å². The molecule has 2 fully saturated rings. The zero-order valence-corrected chi connectivity index (χ0v) is 13.3. The van der Waals surface area contributed by atoms with Gasteiger partial charge in [0.1, 0.15) is 0 Å². The molecular weight excluding hydrogens is 252 g/mol. The van der Waals surface area contributed by atoms with Crippen LogP contribution < -0.4 is 0 Å². The Balaban J connectivity index is 1.81. The molecule has 0 aliphatic carbocycles. The molecule has 2 rings (SSSR count). The third kappa shape index (κ3) is 3.73. The van der Waals surface area contributed by atoms with Crippen molar-refractivity contribution in [2.45, 2.75) is 58.6 Å². The number of amides is 1. The van der Waals surface area contributed by atoms with E-state index in [1.54, 1.807) is 0 Å². The quantitative estimate of drug-likeness (QED) is 0.792. The van der Waals surface area contributed by atoms with Crippen molar-refractivity contribution in [3.8, 4) is 0 Å². The fraction of sp³-hybridized carbons (Fsp3) is 0.938. The average Bonchev–Trinajstić information content (AvgIpc) is 2.48. The Morgan fingerprint density at radius 2 is 1.85 bits per heavy atom. The third-order valence-corrected chi connectivity index (χ3v) is 4.90. The number of carbonyl (C=O) groups is 1. The molecule has 0 unspecified atom stereocenters. The molecule has 0 bridgehead atoms. The van der Waals surface area contributed by atoms with E-state index in [2.05, 4.69) is 30.6 Å². The summed E-state index contributed by atoms with van der Waals surface area (Å²) < 4.78 is 5.61. The Hall–Kier alpha value is -0.610. The molecule has 0 aromatic heterocycles. The number of likely N-dealkylation sites (tertiary alicyclic amines) is 1. The molecule has 4 heteroatoms. The standard InChI is InChI=1S/C16H30N2O2/c1-4-14(5-2)16(19)17-8-6-15(7-9-17)18-10-11-20-13(3)12-18/h13-15H,4-12H2,1-3H3/t13-/m0/s1. The molecule has 0 spiro atoms. The van der Waals surface area contributed by atoms with Crippen molar-refractivity contribution >= 4 is 5.91 Å². The fourth-order valence-electron chi connectivity index (χ4n) is 3.52. The van der Waals surface area contributed by atoms with E-state index in [9.17, 15) is 4.79 Å². The van der Waals surface area contributed by atoms with Crippen LogP contribution in [0.2, 0.25) is 0 Å². The Kier molecular flexibility index (Phi) is 5.85. The minimum absolute atomic E-state index is 0.231. The first kappa shape index (κ1) is 15.8. The Morgan fingerprint density at radius 1 is 1.20 bits per heavy atom. The fourth-order valence-corrected chi connectivity index (χ4v) is 3.52. The lowest BCUT2D eigenvalue weighted by atomic mass is 9.97. The molecule has 2 saturated heterocycles. The molecular formula is C16H30N2O2. The van der Waals surface area contributed by atoms with Gasteiger partial charge >= 0.3 is 0 Å². The molecule has 1 amide bonds. The van der Waals surface area contributed by atoms with Gasteiger partial charge in [-0.05, 0) is 32.6 Å². The lowest BCUT2D eigenvalue weighted by Gasteiger charge is -2.42. The Labute approximate surface area is 123 Å². The van der Waals surface area contributed by atoms with E-state index in [0.29, 0.717) is 18.1 Å². The highest BCUT2D eigenvalue weighted by atomic mass is 16.5. The van der Waals surface area contributed by atoms with Crippen LogP contribution in [0.4, 0.5) is 0 Å². The molecule has 0 N–H and O–H groups in total. The van der Waals surface area contributed by atoms with E-state index in [1.807, 2.05) is 0 Å². The average molecular weight is 282 g/mol. The monoisotopic (exact) mass is 282 g/mol. The zero-order valence-electron chi connectivity index (χ0n) is 13.3. The van der Waals surface area contributed by atoms with E-state index >= 15 is 0 Å². The number of carbonyl (C=O) groups excluding carboxylic acids is 1. The van der Waals surface area contributed by atoms with E-state index in [0.717, 1.165) is 58.5 Å². The first-order valence-corrected chi connectivity index (χ1v) is 8.30. The number of hydrogen-bond donors (Lipinski definition) is 0. The topological polar surface area (TPSA) is 32.8 Å². The number of hydrogen-bond acceptors (Lipinski definition) is 3. The first-order chi connectivity index (χ1) is 9.65. The number of rotatable bonds is 4. The minimum Gasteiger partial charge on any atom is -0.376 e. The van der Waals surface area contributed by atoms with Gasteiger partial charge in [-0.2, -0.15) is 0 Å². The van der Waals surface area contributed by atoms with Crippen molar-refractivity contribution in [3.05, 3.63) is 0 Å². The molecule has 2 aliphatic heterocycles. The van der Waals surface area contributed by atoms with Gasteiger partial charge in [0.15, 0.2) is 0 Å². The van der Waals surface area contributed by atoms with Crippen molar-refractivity contribution in [3.63, 3.8) is 0 Å². The second-order valence-corrected chi connectivity index (χ2v) is 6.25. The molecule has 2 aliphatic rings. The predicted octanol–water partition coefficient (Wildman–Crippen LogP) is 2.13. The summed E-state index contributed by atoms with van der Waals surface area (Å²) >= 11 is 0. The molecule has 4 nitrogen and oxygen atoms in total. The predicted molar refractivity (Wildman–Crippen MR) is 80.7 cm³/mol. The molecule has 2 heterocycles. The van der Waals surface area contributed by atoms with Gasteiger partial charge in [0, 0.05) is 38.1 Å². The number of morpholine rings is 1. The van der Waals surface area contributed by atoms with Crippen LogP contribution in [0, 0.1) is 5.92 Å². The lowest BCUT2D eigenvalue weighted by Crippen LogP contribution is -2.52. The van der Waals surface area contributed by atoms with Crippen LogP contribution in [0.3, 0.4) is 0 Å². The maximum Gasteiger partial charge on any atom is 0.225 e. The number of piperidine rings is 1. The highest BCUT2D eigenvalue weighted by Gasteiger charge is 2.30. The summed E-state index contributed by atoms with van der Waals surface area (Å²) in [7, 11) is 0. The van der Waals surface area contributed by atoms with Crippen LogP contribution in [-0.4, -0.2) is 60.6 Å². The van der Waals surface area contributed by atoms with Crippen LogP contribution in [0.1, 0.15) is 46.5 Å². The summed E-state index contributed by atoms with van der Waals surface area (Å²) in [6, 6.07) is 0.645. The van der Waals surface area contributed by atoms with Crippen molar-refractivity contribution in [2.24, 2.45) is 5.92 Å². The van der Waals surface area contributed by atoms with Crippen molar-refractivity contribution in [2.75, 3.05) is 32.8 Å². The highest BCUT2D eigenvalue weighted by molar-refractivity contribution is 5.78. The maximum atomic E-state index is 12.4. The summed E-state index contributed by atoms with van der Waals surface area (Å²) in [5.74, 6) is 0.610. The molecule has 0 aromatic rings. The zero-order chi connectivity index (χ0) is 14.5. The SMILES string of the molecule is CCC(CC)C(=O)N1CCC(N2CCO[C@@H](C)C2)CC1. The summed E-state index contributed by atoms with van der Waals surface area (Å²) in [4.78, 5) is 17.0. The van der Waals surface area contributed by atoms with Crippen LogP contribution in [0.5, 0.6) is 0 Å². The smallest absolute Gasteiger partial charge is 0.225 e. The van der Waals surface area contributed by atoms with Gasteiger partial charge in [-0.1, -0.05) is 13.8 Å².